The molecule has 0 aliphatic rings. The first-order chi connectivity index (χ1) is 5.97. The molecule has 1 aromatic rings. The molecule has 0 amide bonds. The number of halogens is 2. The number of hydrogen-bond acceptors (Lipinski definition) is 0. The summed E-state index contributed by atoms with van der Waals surface area (Å²) in [4.78, 5) is 0. The van der Waals surface area contributed by atoms with Crippen LogP contribution in [-0.4, -0.2) is 0 Å². The van der Waals surface area contributed by atoms with Crippen LogP contribution < -0.4 is 0 Å². The largest absolute Gasteiger partial charge is 0.273 e. The second-order valence-electron chi connectivity index (χ2n) is 3.38. The fourth-order valence-corrected chi connectivity index (χ4v) is 1.32. The van der Waals surface area contributed by atoms with Crippen LogP contribution in [-0.2, 0) is 5.92 Å². The minimum atomic E-state index is -2.68. The first-order valence-electron chi connectivity index (χ1n) is 4.43. The van der Waals surface area contributed by atoms with Crippen LogP contribution in [0.25, 0.3) is 0 Å². The van der Waals surface area contributed by atoms with E-state index in [1.165, 1.54) is 6.92 Å². The maximum atomic E-state index is 13.3. The van der Waals surface area contributed by atoms with E-state index < -0.39 is 5.92 Å². The first kappa shape index (κ1) is 10.2. The highest BCUT2D eigenvalue weighted by Gasteiger charge is 2.30. The van der Waals surface area contributed by atoms with Crippen LogP contribution in [0, 0.1) is 13.8 Å². The van der Waals surface area contributed by atoms with Crippen molar-refractivity contribution in [2.45, 2.75) is 33.1 Å². The molecule has 0 nitrogen and oxygen atoms in total. The summed E-state index contributed by atoms with van der Waals surface area (Å²) in [6.45, 7) is 5.05. The average molecular weight is 184 g/mol. The summed E-state index contributed by atoms with van der Waals surface area (Å²) in [5.41, 5.74) is 1.71. The lowest BCUT2D eigenvalue weighted by molar-refractivity contribution is -0.00894. The van der Waals surface area contributed by atoms with Gasteiger partial charge in [0.15, 0.2) is 0 Å². The highest BCUT2D eigenvalue weighted by atomic mass is 19.3. The molecule has 1 aromatic carbocycles. The third kappa shape index (κ3) is 2.06. The molecule has 0 saturated heterocycles. The van der Waals surface area contributed by atoms with Crippen LogP contribution in [0.15, 0.2) is 18.2 Å². The van der Waals surface area contributed by atoms with Crippen molar-refractivity contribution in [1.82, 2.24) is 0 Å². The quantitative estimate of drug-likeness (QED) is 0.655. The summed E-state index contributed by atoms with van der Waals surface area (Å²) in [6, 6.07) is 5.16. The van der Waals surface area contributed by atoms with Crippen LogP contribution in [0.2, 0.25) is 0 Å². The van der Waals surface area contributed by atoms with Crippen LogP contribution in [0.3, 0.4) is 0 Å². The van der Waals surface area contributed by atoms with Gasteiger partial charge in [-0.2, -0.15) is 0 Å². The topological polar surface area (TPSA) is 0 Å². The molecule has 0 saturated carbocycles. The van der Waals surface area contributed by atoms with Crippen LogP contribution in [0.4, 0.5) is 8.78 Å². The summed E-state index contributed by atoms with van der Waals surface area (Å²) in [5, 5.41) is 0. The van der Waals surface area contributed by atoms with Crippen molar-refractivity contribution < 1.29 is 8.78 Å². The second kappa shape index (κ2) is 3.44. The predicted octanol–water partition coefficient (Wildman–Crippen LogP) is 3.81. The third-order valence-corrected chi connectivity index (χ3v) is 2.23. The monoisotopic (exact) mass is 184 g/mol. The second-order valence-corrected chi connectivity index (χ2v) is 3.38. The van der Waals surface area contributed by atoms with E-state index in [1.54, 1.807) is 19.1 Å². The lowest BCUT2D eigenvalue weighted by atomic mass is 9.99. The molecule has 2 heteroatoms. The zero-order chi connectivity index (χ0) is 10.1. The van der Waals surface area contributed by atoms with E-state index in [1.807, 2.05) is 13.0 Å². The summed E-state index contributed by atoms with van der Waals surface area (Å²) in [6.07, 6.45) is -0.142. The molecule has 1 rings (SSSR count). The van der Waals surface area contributed by atoms with Crippen molar-refractivity contribution >= 4 is 0 Å². The Morgan fingerprint density at radius 2 is 1.85 bits per heavy atom. The lowest BCUT2D eigenvalue weighted by Crippen LogP contribution is -2.13. The molecule has 0 N–H and O–H groups in total. The van der Waals surface area contributed by atoms with Crippen molar-refractivity contribution in [2.75, 3.05) is 0 Å². The number of alkyl halides is 2. The van der Waals surface area contributed by atoms with Crippen LogP contribution >= 0.6 is 0 Å². The van der Waals surface area contributed by atoms with E-state index in [9.17, 15) is 8.78 Å². The Morgan fingerprint density at radius 1 is 1.23 bits per heavy atom. The lowest BCUT2D eigenvalue weighted by Gasteiger charge is -2.17. The molecule has 0 heterocycles. The molecule has 0 spiro atoms. The minimum Gasteiger partial charge on any atom is -0.201 e. The molecule has 0 aromatic heterocycles. The molecule has 0 radical (unpaired) electrons. The Labute approximate surface area is 77.6 Å². The summed E-state index contributed by atoms with van der Waals surface area (Å²) in [7, 11) is 0. The maximum Gasteiger partial charge on any atom is 0.273 e. The zero-order valence-electron chi connectivity index (χ0n) is 8.20. The normalized spacial score (nSPS) is 11.8. The van der Waals surface area contributed by atoms with Gasteiger partial charge in [0.05, 0.1) is 0 Å². The van der Waals surface area contributed by atoms with E-state index in [2.05, 4.69) is 0 Å². The van der Waals surface area contributed by atoms with E-state index in [4.69, 9.17) is 0 Å². The van der Waals surface area contributed by atoms with Gasteiger partial charge in [-0.25, -0.2) is 8.78 Å². The van der Waals surface area contributed by atoms with Crippen molar-refractivity contribution in [3.63, 3.8) is 0 Å². The van der Waals surface area contributed by atoms with Crippen LogP contribution in [0.1, 0.15) is 30.0 Å². The standard InChI is InChI=1S/C11H14F2/c1-4-11(12,13)10-7-8(2)5-6-9(10)3/h5-7H,4H2,1-3H3. The zero-order valence-corrected chi connectivity index (χ0v) is 8.20. The summed E-state index contributed by atoms with van der Waals surface area (Å²) < 4.78 is 26.7. The van der Waals surface area contributed by atoms with E-state index in [-0.39, 0.29) is 12.0 Å². The van der Waals surface area contributed by atoms with Crippen molar-refractivity contribution in [3.8, 4) is 0 Å². The van der Waals surface area contributed by atoms with Crippen molar-refractivity contribution in [2.24, 2.45) is 0 Å². The number of rotatable bonds is 2. The molecule has 0 aliphatic carbocycles. The Morgan fingerprint density at radius 3 is 2.38 bits per heavy atom. The summed E-state index contributed by atoms with van der Waals surface area (Å²) in [5.74, 6) is -2.68. The number of hydrogen-bond donors (Lipinski definition) is 0. The fraction of sp³-hybridized carbons (Fsp3) is 0.455. The molecule has 72 valence electrons. The molecular weight excluding hydrogens is 170 g/mol. The van der Waals surface area contributed by atoms with Gasteiger partial charge in [0.1, 0.15) is 0 Å². The summed E-state index contributed by atoms with van der Waals surface area (Å²) >= 11 is 0. The smallest absolute Gasteiger partial charge is 0.201 e. The number of benzene rings is 1. The fourth-order valence-electron chi connectivity index (χ4n) is 1.32. The van der Waals surface area contributed by atoms with Crippen LogP contribution in [0.5, 0.6) is 0 Å². The van der Waals surface area contributed by atoms with Gasteiger partial charge in [-0.1, -0.05) is 24.6 Å². The molecule has 0 fully saturated rings. The highest BCUT2D eigenvalue weighted by molar-refractivity contribution is 5.33. The highest BCUT2D eigenvalue weighted by Crippen LogP contribution is 2.33. The van der Waals surface area contributed by atoms with Gasteiger partial charge in [-0.15, -0.1) is 0 Å². The Bertz CT molecular complexity index is 303. The Kier molecular flexibility index (Phi) is 2.69. The van der Waals surface area contributed by atoms with E-state index in [0.29, 0.717) is 5.56 Å². The first-order valence-corrected chi connectivity index (χ1v) is 4.43. The minimum absolute atomic E-state index is 0.142. The van der Waals surface area contributed by atoms with E-state index >= 15 is 0 Å². The maximum absolute atomic E-state index is 13.3. The van der Waals surface area contributed by atoms with Gasteiger partial charge in [0, 0.05) is 12.0 Å². The Balaban J connectivity index is 3.20. The van der Waals surface area contributed by atoms with Crippen molar-refractivity contribution in [3.05, 3.63) is 34.9 Å². The number of aryl methyl sites for hydroxylation is 2. The third-order valence-electron chi connectivity index (χ3n) is 2.23. The van der Waals surface area contributed by atoms with E-state index in [0.717, 1.165) is 5.56 Å². The SMILES string of the molecule is CCC(F)(F)c1cc(C)ccc1C. The molecule has 0 unspecified atom stereocenters. The molecule has 0 aliphatic heterocycles. The molecule has 13 heavy (non-hydrogen) atoms. The van der Waals surface area contributed by atoms with Gasteiger partial charge < -0.3 is 0 Å². The molecule has 0 atom stereocenters. The van der Waals surface area contributed by atoms with Gasteiger partial charge in [-0.05, 0) is 25.5 Å². The molecular formula is C11H14F2. The van der Waals surface area contributed by atoms with Gasteiger partial charge in [0.2, 0.25) is 0 Å². The van der Waals surface area contributed by atoms with Gasteiger partial charge in [-0.3, -0.25) is 0 Å². The Hall–Kier alpha value is -0.920. The molecule has 0 bridgehead atoms. The predicted molar refractivity (Wildman–Crippen MR) is 50.1 cm³/mol. The average Bonchev–Trinajstić information content (AvgIpc) is 2.09. The van der Waals surface area contributed by atoms with Gasteiger partial charge in [0.25, 0.3) is 5.92 Å². The van der Waals surface area contributed by atoms with Crippen molar-refractivity contribution in [1.29, 1.82) is 0 Å². The van der Waals surface area contributed by atoms with Gasteiger partial charge >= 0.3 is 0 Å².